The number of carbonyl (C=O) groups excluding carboxylic acids is 2. The summed E-state index contributed by atoms with van der Waals surface area (Å²) in [5, 5.41) is 24.0. The third kappa shape index (κ3) is 8.75. The highest BCUT2D eigenvalue weighted by molar-refractivity contribution is 6.35. The molecule has 0 spiro atoms. The van der Waals surface area contributed by atoms with Gasteiger partial charge in [-0.05, 0) is 41.5 Å². The van der Waals surface area contributed by atoms with Crippen molar-refractivity contribution >= 4 is 67.9 Å². The van der Waals surface area contributed by atoms with Crippen molar-refractivity contribution in [1.29, 1.82) is 0 Å². The van der Waals surface area contributed by atoms with Crippen LogP contribution < -0.4 is 10.6 Å². The standard InChI is InChI=1S/2C18H13ClF3N3O/c1-23-17-13-6-5-11(9-14(13)16(19)24-25-17)15(26)8-10-3-2-4-12(7-10)18(20,21)22;1-23-17-14-9-11(5-6-13(14)16(19)24-25-17)15(26)8-10-3-2-4-12(7-10)18(20,21)22/h2*2-7,9H,8H2,1H3,(H,23,25). The van der Waals surface area contributed by atoms with Gasteiger partial charge >= 0.3 is 12.4 Å². The Morgan fingerprint density at radius 3 is 1.44 bits per heavy atom. The quantitative estimate of drug-likeness (QED) is 0.117. The molecule has 0 amide bonds. The number of aromatic nitrogens is 4. The van der Waals surface area contributed by atoms with E-state index in [1.165, 1.54) is 24.3 Å². The molecule has 0 atom stereocenters. The van der Waals surface area contributed by atoms with Gasteiger partial charge in [-0.3, -0.25) is 9.59 Å². The van der Waals surface area contributed by atoms with E-state index in [0.717, 1.165) is 24.3 Å². The summed E-state index contributed by atoms with van der Waals surface area (Å²) >= 11 is 12.1. The van der Waals surface area contributed by atoms with Crippen molar-refractivity contribution in [2.75, 3.05) is 24.7 Å². The number of rotatable bonds is 8. The van der Waals surface area contributed by atoms with Gasteiger partial charge < -0.3 is 10.6 Å². The molecule has 6 rings (SSSR count). The fourth-order valence-electron chi connectivity index (χ4n) is 5.25. The molecule has 268 valence electrons. The normalized spacial score (nSPS) is 11.6. The minimum absolute atomic E-state index is 0.142. The van der Waals surface area contributed by atoms with E-state index in [-0.39, 0.29) is 34.7 Å². The van der Waals surface area contributed by atoms with Crippen LogP contribution in [0.4, 0.5) is 38.0 Å². The Labute approximate surface area is 302 Å². The van der Waals surface area contributed by atoms with E-state index in [9.17, 15) is 35.9 Å². The number of halogens is 8. The second-order valence-electron chi connectivity index (χ2n) is 11.3. The van der Waals surface area contributed by atoms with E-state index in [0.29, 0.717) is 55.4 Å². The number of nitrogens with one attached hydrogen (secondary N) is 2. The molecule has 2 heterocycles. The first-order valence-electron chi connectivity index (χ1n) is 15.2. The predicted molar refractivity (Wildman–Crippen MR) is 187 cm³/mol. The van der Waals surface area contributed by atoms with Crippen molar-refractivity contribution in [3.63, 3.8) is 0 Å². The van der Waals surface area contributed by atoms with Crippen LogP contribution in [0.3, 0.4) is 0 Å². The van der Waals surface area contributed by atoms with Crippen LogP contribution in [0.5, 0.6) is 0 Å². The minimum atomic E-state index is -4.45. The summed E-state index contributed by atoms with van der Waals surface area (Å²) in [7, 11) is 3.35. The molecule has 8 nitrogen and oxygen atoms in total. The minimum Gasteiger partial charge on any atom is -0.371 e. The Hall–Kier alpha value is -5.34. The maximum absolute atomic E-state index is 12.8. The van der Waals surface area contributed by atoms with Crippen LogP contribution in [0.15, 0.2) is 84.9 Å². The van der Waals surface area contributed by atoms with Gasteiger partial charge in [0.15, 0.2) is 33.5 Å². The van der Waals surface area contributed by atoms with E-state index >= 15 is 0 Å². The second kappa shape index (κ2) is 15.5. The first-order chi connectivity index (χ1) is 24.6. The van der Waals surface area contributed by atoms with Gasteiger partial charge in [0.2, 0.25) is 0 Å². The molecular weight excluding hydrogens is 733 g/mol. The summed E-state index contributed by atoms with van der Waals surface area (Å²) in [5.74, 6) is 0.353. The smallest absolute Gasteiger partial charge is 0.371 e. The van der Waals surface area contributed by atoms with Gasteiger partial charge in [0.25, 0.3) is 0 Å². The molecule has 0 fully saturated rings. The van der Waals surface area contributed by atoms with Crippen LogP contribution in [0, 0.1) is 0 Å². The van der Waals surface area contributed by atoms with Crippen molar-refractivity contribution in [2.45, 2.75) is 25.2 Å². The number of benzene rings is 4. The Kier molecular flexibility index (Phi) is 11.3. The fraction of sp³-hybridized carbons (Fsp3) is 0.167. The molecule has 0 unspecified atom stereocenters. The lowest BCUT2D eigenvalue weighted by molar-refractivity contribution is -0.138. The number of nitrogens with zero attached hydrogens (tertiary/aromatic N) is 4. The average Bonchev–Trinajstić information content (AvgIpc) is 3.11. The largest absolute Gasteiger partial charge is 0.416 e. The number of anilines is 2. The lowest BCUT2D eigenvalue weighted by Gasteiger charge is -2.09. The Bertz CT molecular complexity index is 2300. The van der Waals surface area contributed by atoms with Crippen molar-refractivity contribution < 1.29 is 35.9 Å². The number of alkyl halides is 6. The fourth-order valence-corrected chi connectivity index (χ4v) is 5.65. The van der Waals surface area contributed by atoms with Gasteiger partial charge in [-0.2, -0.15) is 26.3 Å². The van der Waals surface area contributed by atoms with Crippen LogP contribution in [-0.4, -0.2) is 46.1 Å². The number of carbonyl (C=O) groups is 2. The van der Waals surface area contributed by atoms with Crippen LogP contribution in [0.1, 0.15) is 43.0 Å². The van der Waals surface area contributed by atoms with Crippen molar-refractivity contribution in [1.82, 2.24) is 20.4 Å². The monoisotopic (exact) mass is 758 g/mol. The summed E-state index contributed by atoms with van der Waals surface area (Å²) in [6, 6.07) is 19.2. The van der Waals surface area contributed by atoms with Gasteiger partial charge in [-0.1, -0.05) is 77.8 Å². The molecule has 0 saturated heterocycles. The van der Waals surface area contributed by atoms with Gasteiger partial charge in [0.05, 0.1) is 11.1 Å². The molecular formula is C36H26Cl2F6N6O2. The number of fused-ring (bicyclic) bond motifs is 2. The van der Waals surface area contributed by atoms with Crippen LogP contribution in [0.2, 0.25) is 10.3 Å². The molecule has 52 heavy (non-hydrogen) atoms. The summed E-state index contributed by atoms with van der Waals surface area (Å²) < 4.78 is 76.8. The Morgan fingerprint density at radius 2 is 0.981 bits per heavy atom. The van der Waals surface area contributed by atoms with E-state index in [1.807, 2.05) is 0 Å². The molecule has 0 aliphatic heterocycles. The lowest BCUT2D eigenvalue weighted by Crippen LogP contribution is -2.08. The topological polar surface area (TPSA) is 110 Å². The SMILES string of the molecule is CNc1nnc(Cl)c2cc(C(=O)Cc3cccc(C(F)(F)F)c3)ccc12.CNc1nnc(Cl)c2ccc(C(=O)Cc3cccc(C(F)(F)F)c3)cc12. The number of hydrogen-bond donors (Lipinski definition) is 2. The first-order valence-corrected chi connectivity index (χ1v) is 16.0. The summed E-state index contributed by atoms with van der Waals surface area (Å²) in [6.45, 7) is 0. The van der Waals surface area contributed by atoms with E-state index in [4.69, 9.17) is 23.2 Å². The summed E-state index contributed by atoms with van der Waals surface area (Å²) in [6.07, 6.45) is -9.18. The number of Topliss-reactive ketones (excluding diaryl/α,β-unsaturated/α-hetero) is 2. The van der Waals surface area contributed by atoms with E-state index in [2.05, 4.69) is 31.0 Å². The Morgan fingerprint density at radius 1 is 0.558 bits per heavy atom. The van der Waals surface area contributed by atoms with Gasteiger partial charge in [-0.25, -0.2) is 0 Å². The third-order valence-corrected chi connectivity index (χ3v) is 8.38. The van der Waals surface area contributed by atoms with Crippen LogP contribution in [0.25, 0.3) is 21.5 Å². The zero-order valence-electron chi connectivity index (χ0n) is 27.1. The molecule has 0 saturated carbocycles. The van der Waals surface area contributed by atoms with Crippen LogP contribution in [-0.2, 0) is 25.2 Å². The first kappa shape index (κ1) is 37.9. The van der Waals surface area contributed by atoms with Crippen molar-refractivity contribution in [2.24, 2.45) is 0 Å². The molecule has 0 aliphatic carbocycles. The van der Waals surface area contributed by atoms with Crippen LogP contribution >= 0.6 is 23.2 Å². The highest BCUT2D eigenvalue weighted by atomic mass is 35.5. The van der Waals surface area contributed by atoms with Gasteiger partial charge in [-0.15, -0.1) is 20.4 Å². The highest BCUT2D eigenvalue weighted by Crippen LogP contribution is 2.32. The average molecular weight is 760 g/mol. The van der Waals surface area contributed by atoms with E-state index in [1.54, 1.807) is 50.5 Å². The molecule has 6 aromatic rings. The number of hydrogen-bond acceptors (Lipinski definition) is 8. The summed E-state index contributed by atoms with van der Waals surface area (Å²) in [4.78, 5) is 25.0. The molecule has 0 bridgehead atoms. The Balaban J connectivity index is 0.000000201. The zero-order chi connectivity index (χ0) is 37.8. The second-order valence-corrected chi connectivity index (χ2v) is 12.0. The van der Waals surface area contributed by atoms with Crippen molar-refractivity contribution in [3.05, 3.63) is 129 Å². The lowest BCUT2D eigenvalue weighted by atomic mass is 9.99. The molecule has 4 aromatic carbocycles. The summed E-state index contributed by atoms with van der Waals surface area (Å²) in [5.41, 5.74) is -0.272. The van der Waals surface area contributed by atoms with Gasteiger partial charge in [0.1, 0.15) is 0 Å². The zero-order valence-corrected chi connectivity index (χ0v) is 28.6. The van der Waals surface area contributed by atoms with Gasteiger partial charge in [0, 0.05) is 59.6 Å². The van der Waals surface area contributed by atoms with E-state index < -0.39 is 23.5 Å². The number of ketones is 2. The molecule has 16 heteroatoms. The maximum atomic E-state index is 12.8. The highest BCUT2D eigenvalue weighted by Gasteiger charge is 2.31. The molecule has 2 aromatic heterocycles. The molecule has 0 radical (unpaired) electrons. The predicted octanol–water partition coefficient (Wildman–Crippen LogP) is 9.54. The molecule has 0 aliphatic rings. The molecule has 2 N–H and O–H groups in total. The maximum Gasteiger partial charge on any atom is 0.416 e. The third-order valence-electron chi connectivity index (χ3n) is 7.83. The van der Waals surface area contributed by atoms with Crippen molar-refractivity contribution in [3.8, 4) is 0 Å².